The number of hydrogen-bond donors (Lipinski definition) is 1. The normalized spacial score (nSPS) is 12.9. The fraction of sp³-hybridized carbons (Fsp3) is 0.333. The Kier molecular flexibility index (Phi) is 4.19. The zero-order valence-corrected chi connectivity index (χ0v) is 12.5. The lowest BCUT2D eigenvalue weighted by atomic mass is 10.1. The molecule has 0 radical (unpaired) electrons. The Balaban J connectivity index is 2.34. The van der Waals surface area contributed by atoms with Gasteiger partial charge in [0, 0.05) is 19.6 Å². The number of rotatable bonds is 4. The summed E-state index contributed by atoms with van der Waals surface area (Å²) in [5.41, 5.74) is 1.40. The Bertz CT molecular complexity index is 461. The molecule has 1 atom stereocenters. The second-order valence-electron chi connectivity index (χ2n) is 3.59. The van der Waals surface area contributed by atoms with Gasteiger partial charge in [-0.05, 0) is 52.5 Å². The van der Waals surface area contributed by atoms with E-state index in [1.165, 1.54) is 19.8 Å². The van der Waals surface area contributed by atoms with Crippen molar-refractivity contribution in [2.75, 3.05) is 6.54 Å². The molecule has 16 heavy (non-hydrogen) atoms. The van der Waals surface area contributed by atoms with E-state index in [9.17, 15) is 0 Å². The lowest BCUT2D eigenvalue weighted by Gasteiger charge is -2.16. The largest absolute Gasteiger partial charge is 0.306 e. The van der Waals surface area contributed by atoms with Crippen LogP contribution in [-0.2, 0) is 0 Å². The van der Waals surface area contributed by atoms with E-state index in [4.69, 9.17) is 0 Å². The Labute approximate surface area is 113 Å². The van der Waals surface area contributed by atoms with E-state index in [1.54, 1.807) is 11.3 Å². The molecule has 2 aromatic rings. The summed E-state index contributed by atoms with van der Waals surface area (Å²) in [6, 6.07) is 4.77. The third-order valence-corrected chi connectivity index (χ3v) is 5.11. The van der Waals surface area contributed by atoms with E-state index in [1.807, 2.05) is 11.3 Å². The van der Waals surface area contributed by atoms with Gasteiger partial charge in [-0.25, -0.2) is 0 Å². The van der Waals surface area contributed by atoms with Crippen molar-refractivity contribution in [1.82, 2.24) is 5.32 Å². The SMILES string of the molecule is CCNC(c1cc(Br)cs1)c1ccsc1C. The third kappa shape index (κ3) is 2.56. The first-order chi connectivity index (χ1) is 7.72. The van der Waals surface area contributed by atoms with E-state index in [-0.39, 0.29) is 0 Å². The first-order valence-electron chi connectivity index (χ1n) is 5.23. The van der Waals surface area contributed by atoms with E-state index in [0.717, 1.165) is 6.54 Å². The summed E-state index contributed by atoms with van der Waals surface area (Å²) in [5, 5.41) is 7.86. The summed E-state index contributed by atoms with van der Waals surface area (Å²) in [6.07, 6.45) is 0. The predicted octanol–water partition coefficient (Wildman–Crippen LogP) is 4.58. The van der Waals surface area contributed by atoms with E-state index >= 15 is 0 Å². The van der Waals surface area contributed by atoms with Gasteiger partial charge in [-0.15, -0.1) is 22.7 Å². The van der Waals surface area contributed by atoms with Gasteiger partial charge in [-0.3, -0.25) is 0 Å². The van der Waals surface area contributed by atoms with Gasteiger partial charge in [0.2, 0.25) is 0 Å². The molecule has 86 valence electrons. The fourth-order valence-corrected chi connectivity index (χ4v) is 4.02. The molecular formula is C12H14BrNS2. The summed E-state index contributed by atoms with van der Waals surface area (Å²) in [7, 11) is 0. The van der Waals surface area contributed by atoms with Gasteiger partial charge in [0.05, 0.1) is 6.04 Å². The van der Waals surface area contributed by atoms with Gasteiger partial charge >= 0.3 is 0 Å². The molecule has 1 unspecified atom stereocenters. The maximum atomic E-state index is 3.55. The molecule has 0 bridgehead atoms. The van der Waals surface area contributed by atoms with Crippen LogP contribution in [0.15, 0.2) is 27.4 Å². The summed E-state index contributed by atoms with van der Waals surface area (Å²) in [5.74, 6) is 0. The molecule has 2 aromatic heterocycles. The van der Waals surface area contributed by atoms with Crippen LogP contribution in [0, 0.1) is 6.92 Å². The van der Waals surface area contributed by atoms with Gasteiger partial charge in [0.1, 0.15) is 0 Å². The zero-order chi connectivity index (χ0) is 11.5. The van der Waals surface area contributed by atoms with Crippen molar-refractivity contribution in [1.29, 1.82) is 0 Å². The minimum Gasteiger partial charge on any atom is -0.306 e. The van der Waals surface area contributed by atoms with Crippen molar-refractivity contribution < 1.29 is 0 Å². The highest BCUT2D eigenvalue weighted by atomic mass is 79.9. The van der Waals surface area contributed by atoms with Crippen LogP contribution < -0.4 is 5.32 Å². The molecule has 1 nitrogen and oxygen atoms in total. The number of halogens is 1. The molecule has 0 saturated heterocycles. The molecule has 0 amide bonds. The molecule has 2 heterocycles. The summed E-state index contributed by atoms with van der Waals surface area (Å²) < 4.78 is 1.17. The van der Waals surface area contributed by atoms with Crippen LogP contribution in [0.4, 0.5) is 0 Å². The zero-order valence-electron chi connectivity index (χ0n) is 9.29. The van der Waals surface area contributed by atoms with Crippen molar-refractivity contribution in [2.24, 2.45) is 0 Å². The van der Waals surface area contributed by atoms with E-state index in [2.05, 4.69) is 58.0 Å². The Morgan fingerprint density at radius 3 is 2.75 bits per heavy atom. The lowest BCUT2D eigenvalue weighted by Crippen LogP contribution is -2.21. The van der Waals surface area contributed by atoms with Crippen molar-refractivity contribution >= 4 is 38.6 Å². The van der Waals surface area contributed by atoms with Gasteiger partial charge in [-0.2, -0.15) is 0 Å². The van der Waals surface area contributed by atoms with Crippen LogP contribution in [0.25, 0.3) is 0 Å². The number of aryl methyl sites for hydroxylation is 1. The number of thiophene rings is 2. The standard InChI is InChI=1S/C12H14BrNS2/c1-3-14-12(10-4-5-15-8(10)2)11-6-9(13)7-16-11/h4-7,12,14H,3H2,1-2H3. The monoisotopic (exact) mass is 315 g/mol. The molecule has 0 fully saturated rings. The van der Waals surface area contributed by atoms with Crippen LogP contribution in [0.2, 0.25) is 0 Å². The molecule has 0 saturated carbocycles. The molecule has 0 aliphatic carbocycles. The van der Waals surface area contributed by atoms with Crippen LogP contribution >= 0.6 is 38.6 Å². The minimum atomic E-state index is 0.340. The van der Waals surface area contributed by atoms with Gasteiger partial charge in [0.25, 0.3) is 0 Å². The molecule has 4 heteroatoms. The topological polar surface area (TPSA) is 12.0 Å². The highest BCUT2D eigenvalue weighted by Crippen LogP contribution is 2.33. The Hall–Kier alpha value is -0.160. The molecule has 0 aliphatic rings. The molecular weight excluding hydrogens is 302 g/mol. The fourth-order valence-electron chi connectivity index (χ4n) is 1.74. The quantitative estimate of drug-likeness (QED) is 0.870. The van der Waals surface area contributed by atoms with Gasteiger partial charge in [0.15, 0.2) is 0 Å². The average Bonchev–Trinajstić information content (AvgIpc) is 2.84. The van der Waals surface area contributed by atoms with Crippen molar-refractivity contribution in [3.8, 4) is 0 Å². The van der Waals surface area contributed by atoms with Crippen LogP contribution in [-0.4, -0.2) is 6.54 Å². The smallest absolute Gasteiger partial charge is 0.0682 e. The van der Waals surface area contributed by atoms with Gasteiger partial charge < -0.3 is 5.32 Å². The number of nitrogens with one attached hydrogen (secondary N) is 1. The highest BCUT2D eigenvalue weighted by molar-refractivity contribution is 9.10. The molecule has 0 aromatic carbocycles. The predicted molar refractivity (Wildman–Crippen MR) is 76.6 cm³/mol. The molecule has 0 aliphatic heterocycles. The Morgan fingerprint density at radius 1 is 1.44 bits per heavy atom. The van der Waals surface area contributed by atoms with Crippen LogP contribution in [0.5, 0.6) is 0 Å². The second kappa shape index (κ2) is 5.45. The maximum absolute atomic E-state index is 3.55. The highest BCUT2D eigenvalue weighted by Gasteiger charge is 2.17. The van der Waals surface area contributed by atoms with E-state index in [0.29, 0.717) is 6.04 Å². The maximum Gasteiger partial charge on any atom is 0.0682 e. The van der Waals surface area contributed by atoms with Crippen molar-refractivity contribution in [3.63, 3.8) is 0 Å². The Morgan fingerprint density at radius 2 is 2.25 bits per heavy atom. The van der Waals surface area contributed by atoms with Crippen molar-refractivity contribution in [3.05, 3.63) is 42.7 Å². The third-order valence-electron chi connectivity index (χ3n) is 2.49. The molecule has 1 N–H and O–H groups in total. The van der Waals surface area contributed by atoms with E-state index < -0.39 is 0 Å². The summed E-state index contributed by atoms with van der Waals surface area (Å²) in [6.45, 7) is 5.32. The summed E-state index contributed by atoms with van der Waals surface area (Å²) in [4.78, 5) is 2.77. The number of hydrogen-bond acceptors (Lipinski definition) is 3. The second-order valence-corrected chi connectivity index (χ2v) is 6.57. The average molecular weight is 316 g/mol. The van der Waals surface area contributed by atoms with Crippen LogP contribution in [0.1, 0.15) is 28.3 Å². The van der Waals surface area contributed by atoms with Crippen LogP contribution in [0.3, 0.4) is 0 Å². The lowest BCUT2D eigenvalue weighted by molar-refractivity contribution is 0.639. The first-order valence-corrected chi connectivity index (χ1v) is 7.79. The minimum absolute atomic E-state index is 0.340. The van der Waals surface area contributed by atoms with Gasteiger partial charge in [-0.1, -0.05) is 6.92 Å². The first kappa shape index (κ1) is 12.3. The summed E-state index contributed by atoms with van der Waals surface area (Å²) >= 11 is 7.13. The van der Waals surface area contributed by atoms with Crippen molar-refractivity contribution in [2.45, 2.75) is 19.9 Å². The molecule has 2 rings (SSSR count). The molecule has 0 spiro atoms.